The van der Waals surface area contributed by atoms with Gasteiger partial charge in [0.15, 0.2) is 0 Å². The Morgan fingerprint density at radius 1 is 1.33 bits per heavy atom. The molecule has 0 saturated carbocycles. The van der Waals surface area contributed by atoms with Gasteiger partial charge in [0.05, 0.1) is 17.3 Å². The molecule has 3 nitrogen and oxygen atoms in total. The maximum Gasteiger partial charge on any atom is 0.125 e. The zero-order valence-electron chi connectivity index (χ0n) is 9.94. The highest BCUT2D eigenvalue weighted by Gasteiger charge is 2.05. The fraction of sp³-hybridized carbons (Fsp3) is 0.143. The first-order chi connectivity index (χ1) is 8.72. The highest BCUT2D eigenvalue weighted by Crippen LogP contribution is 2.22. The van der Waals surface area contributed by atoms with E-state index in [1.807, 2.05) is 25.1 Å². The molecule has 0 fully saturated rings. The van der Waals surface area contributed by atoms with Crippen LogP contribution in [0.5, 0.6) is 0 Å². The number of hydrogen-bond acceptors (Lipinski definition) is 3. The van der Waals surface area contributed by atoms with Crippen LogP contribution in [0.25, 0.3) is 11.3 Å². The summed E-state index contributed by atoms with van der Waals surface area (Å²) in [7, 11) is 0. The third-order valence-electron chi connectivity index (χ3n) is 2.46. The van der Waals surface area contributed by atoms with E-state index in [0.717, 1.165) is 12.2 Å². The number of nitrogens with one attached hydrogen (secondary N) is 1. The topological polar surface area (TPSA) is 48.7 Å². The van der Waals surface area contributed by atoms with Crippen molar-refractivity contribution in [2.75, 3.05) is 11.9 Å². The number of pyridine rings is 1. The van der Waals surface area contributed by atoms with Gasteiger partial charge >= 0.3 is 0 Å². The van der Waals surface area contributed by atoms with E-state index in [1.165, 1.54) is 12.1 Å². The summed E-state index contributed by atoms with van der Waals surface area (Å²) in [6.45, 7) is 2.80. The Hall–Kier alpha value is -2.41. The second kappa shape index (κ2) is 5.28. The quantitative estimate of drug-likeness (QED) is 0.897. The van der Waals surface area contributed by atoms with E-state index in [4.69, 9.17) is 5.26 Å². The number of benzene rings is 1. The molecule has 2 aromatic rings. The second-order valence-electron chi connectivity index (χ2n) is 3.80. The average molecular weight is 241 g/mol. The van der Waals surface area contributed by atoms with Gasteiger partial charge in [-0.3, -0.25) is 4.98 Å². The van der Waals surface area contributed by atoms with Gasteiger partial charge < -0.3 is 5.32 Å². The molecule has 0 unspecified atom stereocenters. The van der Waals surface area contributed by atoms with Gasteiger partial charge in [-0.15, -0.1) is 0 Å². The molecular weight excluding hydrogens is 229 g/mol. The lowest BCUT2D eigenvalue weighted by molar-refractivity contribution is 0.628. The van der Waals surface area contributed by atoms with Gasteiger partial charge in [0, 0.05) is 24.0 Å². The van der Waals surface area contributed by atoms with Crippen LogP contribution in [-0.4, -0.2) is 11.5 Å². The Morgan fingerprint density at radius 3 is 2.89 bits per heavy atom. The predicted octanol–water partition coefficient (Wildman–Crippen LogP) is 3.19. The minimum atomic E-state index is -0.431. The first kappa shape index (κ1) is 12.1. The Balaban J connectivity index is 2.45. The third-order valence-corrected chi connectivity index (χ3v) is 2.46. The largest absolute Gasteiger partial charge is 0.385 e. The van der Waals surface area contributed by atoms with Gasteiger partial charge in [0.2, 0.25) is 0 Å². The highest BCUT2D eigenvalue weighted by atomic mass is 19.1. The Labute approximate surface area is 105 Å². The molecule has 0 spiro atoms. The molecule has 1 N–H and O–H groups in total. The molecule has 0 amide bonds. The standard InChI is InChI=1S/C14H12FN3/c1-2-17-13-3-4-18-14(8-13)11-5-10(9-16)6-12(15)7-11/h3-8H,2H2,1H3,(H,17,18). The fourth-order valence-electron chi connectivity index (χ4n) is 1.70. The van der Waals surface area contributed by atoms with Gasteiger partial charge in [-0.25, -0.2) is 4.39 Å². The summed E-state index contributed by atoms with van der Waals surface area (Å²) in [6, 6.07) is 9.82. The Morgan fingerprint density at radius 2 is 2.17 bits per heavy atom. The highest BCUT2D eigenvalue weighted by molar-refractivity contribution is 5.65. The molecule has 2 rings (SSSR count). The van der Waals surface area contributed by atoms with E-state index in [2.05, 4.69) is 10.3 Å². The monoisotopic (exact) mass is 241 g/mol. The van der Waals surface area contributed by atoms with E-state index in [1.54, 1.807) is 12.3 Å². The number of anilines is 1. The Bertz CT molecular complexity index is 602. The van der Waals surface area contributed by atoms with Crippen molar-refractivity contribution in [3.8, 4) is 17.3 Å². The molecular formula is C14H12FN3. The second-order valence-corrected chi connectivity index (χ2v) is 3.80. The number of hydrogen-bond donors (Lipinski definition) is 1. The number of nitriles is 1. The molecule has 18 heavy (non-hydrogen) atoms. The van der Waals surface area contributed by atoms with Gasteiger partial charge in [-0.05, 0) is 37.3 Å². The summed E-state index contributed by atoms with van der Waals surface area (Å²) in [5.74, 6) is -0.431. The van der Waals surface area contributed by atoms with Crippen molar-refractivity contribution >= 4 is 5.69 Å². The summed E-state index contributed by atoms with van der Waals surface area (Å²) in [5, 5.41) is 12.0. The van der Waals surface area contributed by atoms with Crippen molar-refractivity contribution in [3.05, 3.63) is 47.9 Å². The Kier molecular flexibility index (Phi) is 3.54. The predicted molar refractivity (Wildman–Crippen MR) is 68.5 cm³/mol. The maximum absolute atomic E-state index is 13.4. The van der Waals surface area contributed by atoms with Gasteiger partial charge in [-0.1, -0.05) is 0 Å². The molecule has 1 aromatic heterocycles. The lowest BCUT2D eigenvalue weighted by Crippen LogP contribution is -1.97. The van der Waals surface area contributed by atoms with Crippen molar-refractivity contribution in [1.82, 2.24) is 4.98 Å². The van der Waals surface area contributed by atoms with Crippen LogP contribution in [0.4, 0.5) is 10.1 Å². The van der Waals surface area contributed by atoms with E-state index < -0.39 is 5.82 Å². The van der Waals surface area contributed by atoms with Crippen LogP contribution in [0.15, 0.2) is 36.5 Å². The molecule has 0 atom stereocenters. The van der Waals surface area contributed by atoms with E-state index in [0.29, 0.717) is 16.8 Å². The summed E-state index contributed by atoms with van der Waals surface area (Å²) < 4.78 is 13.4. The third kappa shape index (κ3) is 2.64. The van der Waals surface area contributed by atoms with Crippen LogP contribution < -0.4 is 5.32 Å². The lowest BCUT2D eigenvalue weighted by atomic mass is 10.1. The summed E-state index contributed by atoms with van der Waals surface area (Å²) in [4.78, 5) is 4.19. The van der Waals surface area contributed by atoms with E-state index in [9.17, 15) is 4.39 Å². The molecule has 0 aliphatic heterocycles. The van der Waals surface area contributed by atoms with Crippen LogP contribution in [0.2, 0.25) is 0 Å². The van der Waals surface area contributed by atoms with Crippen LogP contribution in [0.1, 0.15) is 12.5 Å². The van der Waals surface area contributed by atoms with E-state index >= 15 is 0 Å². The van der Waals surface area contributed by atoms with Crippen molar-refractivity contribution < 1.29 is 4.39 Å². The van der Waals surface area contributed by atoms with Crippen LogP contribution in [-0.2, 0) is 0 Å². The molecule has 0 bridgehead atoms. The minimum Gasteiger partial charge on any atom is -0.385 e. The van der Waals surface area contributed by atoms with Crippen LogP contribution in [0, 0.1) is 17.1 Å². The molecule has 4 heteroatoms. The lowest BCUT2D eigenvalue weighted by Gasteiger charge is -2.06. The molecule has 1 heterocycles. The average Bonchev–Trinajstić information content (AvgIpc) is 2.39. The first-order valence-corrected chi connectivity index (χ1v) is 5.64. The van der Waals surface area contributed by atoms with Gasteiger partial charge in [0.1, 0.15) is 5.82 Å². The smallest absolute Gasteiger partial charge is 0.125 e. The maximum atomic E-state index is 13.4. The number of halogens is 1. The first-order valence-electron chi connectivity index (χ1n) is 5.64. The number of nitrogens with zero attached hydrogens (tertiary/aromatic N) is 2. The summed E-state index contributed by atoms with van der Waals surface area (Å²) in [6.07, 6.45) is 1.66. The fourth-order valence-corrected chi connectivity index (χ4v) is 1.70. The normalized spacial score (nSPS) is 9.83. The van der Waals surface area contributed by atoms with E-state index in [-0.39, 0.29) is 0 Å². The molecule has 0 aliphatic carbocycles. The summed E-state index contributed by atoms with van der Waals surface area (Å²) >= 11 is 0. The van der Waals surface area contributed by atoms with Crippen molar-refractivity contribution in [2.24, 2.45) is 0 Å². The zero-order valence-corrected chi connectivity index (χ0v) is 9.94. The molecule has 0 saturated heterocycles. The molecule has 0 aliphatic rings. The minimum absolute atomic E-state index is 0.292. The van der Waals surface area contributed by atoms with Gasteiger partial charge in [0.25, 0.3) is 0 Å². The van der Waals surface area contributed by atoms with Crippen LogP contribution >= 0.6 is 0 Å². The van der Waals surface area contributed by atoms with Crippen molar-refractivity contribution in [3.63, 3.8) is 0 Å². The van der Waals surface area contributed by atoms with Crippen LogP contribution in [0.3, 0.4) is 0 Å². The number of rotatable bonds is 3. The molecule has 0 radical (unpaired) electrons. The molecule has 1 aromatic carbocycles. The number of aromatic nitrogens is 1. The van der Waals surface area contributed by atoms with Crippen molar-refractivity contribution in [2.45, 2.75) is 6.92 Å². The van der Waals surface area contributed by atoms with Crippen molar-refractivity contribution in [1.29, 1.82) is 5.26 Å². The molecule has 90 valence electrons. The SMILES string of the molecule is CCNc1ccnc(-c2cc(F)cc(C#N)c2)c1. The zero-order chi connectivity index (χ0) is 13.0. The van der Waals surface area contributed by atoms with Gasteiger partial charge in [-0.2, -0.15) is 5.26 Å². The summed E-state index contributed by atoms with van der Waals surface area (Å²) in [5.41, 5.74) is 2.46.